The van der Waals surface area contributed by atoms with Gasteiger partial charge in [0, 0.05) is 42.6 Å². The number of piperazine rings is 1. The average Bonchev–Trinajstić information content (AvgIpc) is 2.70. The predicted molar refractivity (Wildman–Crippen MR) is 122 cm³/mol. The minimum absolute atomic E-state index is 0.00461. The molecule has 7 heteroatoms. The summed E-state index contributed by atoms with van der Waals surface area (Å²) in [4.78, 5) is 29.1. The van der Waals surface area contributed by atoms with Gasteiger partial charge in [0.2, 0.25) is 11.8 Å². The highest BCUT2D eigenvalue weighted by atomic mass is 35.5. The van der Waals surface area contributed by atoms with E-state index in [1.54, 1.807) is 0 Å². The quantitative estimate of drug-likeness (QED) is 0.739. The molecule has 160 valence electrons. The van der Waals surface area contributed by atoms with Gasteiger partial charge in [-0.05, 0) is 49.6 Å². The minimum Gasteiger partial charge on any atom is -0.325 e. The number of nitrogens with one attached hydrogen (secondary N) is 2. The van der Waals surface area contributed by atoms with Gasteiger partial charge < -0.3 is 10.6 Å². The summed E-state index contributed by atoms with van der Waals surface area (Å²) in [6.45, 7) is 9.57. The van der Waals surface area contributed by atoms with Crippen molar-refractivity contribution < 1.29 is 9.59 Å². The average molecular weight is 429 g/mol. The molecule has 6 nitrogen and oxygen atoms in total. The Labute approximate surface area is 183 Å². The molecule has 1 fully saturated rings. The zero-order valence-corrected chi connectivity index (χ0v) is 18.6. The number of halogens is 1. The SMILES string of the molecule is Cc1cccc(C)c1NC(=O)CN1CCN(CC(=O)Nc2cccc(Cl)c2C)CC1. The Hall–Kier alpha value is -2.41. The summed E-state index contributed by atoms with van der Waals surface area (Å²) < 4.78 is 0. The van der Waals surface area contributed by atoms with Gasteiger partial charge in [0.1, 0.15) is 0 Å². The van der Waals surface area contributed by atoms with Gasteiger partial charge in [-0.1, -0.05) is 35.9 Å². The Bertz CT molecular complexity index is 903. The summed E-state index contributed by atoms with van der Waals surface area (Å²) in [6, 6.07) is 11.5. The molecule has 2 N–H and O–H groups in total. The molecular weight excluding hydrogens is 400 g/mol. The Balaban J connectivity index is 1.44. The maximum atomic E-state index is 12.5. The molecule has 0 radical (unpaired) electrons. The van der Waals surface area contributed by atoms with Gasteiger partial charge in [-0.25, -0.2) is 0 Å². The van der Waals surface area contributed by atoms with Crippen LogP contribution >= 0.6 is 11.6 Å². The Kier molecular flexibility index (Phi) is 7.48. The molecule has 0 aliphatic carbocycles. The highest BCUT2D eigenvalue weighted by Gasteiger charge is 2.21. The lowest BCUT2D eigenvalue weighted by Crippen LogP contribution is -2.50. The molecule has 0 bridgehead atoms. The van der Waals surface area contributed by atoms with Gasteiger partial charge in [-0.2, -0.15) is 0 Å². The molecule has 1 saturated heterocycles. The van der Waals surface area contributed by atoms with Gasteiger partial charge in [0.15, 0.2) is 0 Å². The highest BCUT2D eigenvalue weighted by molar-refractivity contribution is 6.31. The summed E-state index contributed by atoms with van der Waals surface area (Å²) in [5.74, 6) is -0.0587. The molecule has 0 saturated carbocycles. The smallest absolute Gasteiger partial charge is 0.238 e. The molecule has 1 aliphatic heterocycles. The van der Waals surface area contributed by atoms with E-state index < -0.39 is 0 Å². The molecular formula is C23H29ClN4O2. The fraction of sp³-hybridized carbons (Fsp3) is 0.391. The van der Waals surface area contributed by atoms with Crippen molar-refractivity contribution in [3.05, 3.63) is 58.1 Å². The topological polar surface area (TPSA) is 64.7 Å². The van der Waals surface area contributed by atoms with E-state index in [2.05, 4.69) is 20.4 Å². The number of nitrogens with zero attached hydrogens (tertiary/aromatic N) is 2. The molecule has 3 rings (SSSR count). The van der Waals surface area contributed by atoms with Gasteiger partial charge in [-0.3, -0.25) is 19.4 Å². The lowest BCUT2D eigenvalue weighted by Gasteiger charge is -2.33. The van der Waals surface area contributed by atoms with Crippen LogP contribution in [0.25, 0.3) is 0 Å². The highest BCUT2D eigenvalue weighted by Crippen LogP contribution is 2.23. The number of rotatable bonds is 6. The van der Waals surface area contributed by atoms with Gasteiger partial charge in [0.25, 0.3) is 0 Å². The molecule has 0 atom stereocenters. The number of benzene rings is 2. The van der Waals surface area contributed by atoms with Crippen molar-refractivity contribution in [3.8, 4) is 0 Å². The largest absolute Gasteiger partial charge is 0.325 e. The third-order valence-electron chi connectivity index (χ3n) is 5.49. The number of para-hydroxylation sites is 1. The van der Waals surface area contributed by atoms with Crippen LogP contribution in [0.4, 0.5) is 11.4 Å². The summed E-state index contributed by atoms with van der Waals surface area (Å²) in [5, 5.41) is 6.61. The number of anilines is 2. The van der Waals surface area contributed by atoms with E-state index in [4.69, 9.17) is 11.6 Å². The van der Waals surface area contributed by atoms with E-state index in [0.717, 1.165) is 54.2 Å². The molecule has 0 spiro atoms. The third kappa shape index (κ3) is 5.81. The predicted octanol–water partition coefficient (Wildman–Crippen LogP) is 3.46. The first kappa shape index (κ1) is 22.3. The molecule has 2 aromatic carbocycles. The number of carbonyl (C=O) groups is 2. The van der Waals surface area contributed by atoms with E-state index >= 15 is 0 Å². The van der Waals surface area contributed by atoms with Crippen molar-refractivity contribution in [1.82, 2.24) is 9.80 Å². The first-order valence-corrected chi connectivity index (χ1v) is 10.6. The van der Waals surface area contributed by atoms with Crippen LogP contribution in [0.1, 0.15) is 16.7 Å². The summed E-state index contributed by atoms with van der Waals surface area (Å²) in [7, 11) is 0. The summed E-state index contributed by atoms with van der Waals surface area (Å²) in [5.41, 5.74) is 4.64. The van der Waals surface area contributed by atoms with Crippen LogP contribution in [0.2, 0.25) is 5.02 Å². The van der Waals surface area contributed by atoms with Crippen LogP contribution in [-0.2, 0) is 9.59 Å². The lowest BCUT2D eigenvalue weighted by molar-refractivity contribution is -0.120. The van der Waals surface area contributed by atoms with Gasteiger partial charge in [-0.15, -0.1) is 0 Å². The Morgan fingerprint density at radius 3 is 1.90 bits per heavy atom. The van der Waals surface area contributed by atoms with E-state index in [1.165, 1.54) is 0 Å². The molecule has 0 unspecified atom stereocenters. The third-order valence-corrected chi connectivity index (χ3v) is 5.90. The molecule has 1 heterocycles. The number of hydrogen-bond acceptors (Lipinski definition) is 4. The molecule has 2 aromatic rings. The fourth-order valence-corrected chi connectivity index (χ4v) is 3.81. The Morgan fingerprint density at radius 2 is 1.33 bits per heavy atom. The van der Waals surface area contributed by atoms with Gasteiger partial charge in [0.05, 0.1) is 13.1 Å². The molecule has 30 heavy (non-hydrogen) atoms. The van der Waals surface area contributed by atoms with Crippen molar-refractivity contribution in [1.29, 1.82) is 0 Å². The van der Waals surface area contributed by atoms with Crippen LogP contribution in [-0.4, -0.2) is 60.9 Å². The normalized spacial score (nSPS) is 15.1. The lowest BCUT2D eigenvalue weighted by atomic mass is 10.1. The second kappa shape index (κ2) is 10.1. The van der Waals surface area contributed by atoms with Crippen molar-refractivity contribution >= 4 is 34.8 Å². The molecule has 0 aromatic heterocycles. The van der Waals surface area contributed by atoms with Crippen LogP contribution in [0, 0.1) is 20.8 Å². The molecule has 1 aliphatic rings. The van der Waals surface area contributed by atoms with Crippen molar-refractivity contribution in [2.45, 2.75) is 20.8 Å². The first-order chi connectivity index (χ1) is 14.3. The van der Waals surface area contributed by atoms with Crippen LogP contribution in [0.15, 0.2) is 36.4 Å². The second-order valence-electron chi connectivity index (χ2n) is 7.83. The maximum absolute atomic E-state index is 12.5. The van der Waals surface area contributed by atoms with E-state index in [9.17, 15) is 9.59 Å². The van der Waals surface area contributed by atoms with Crippen LogP contribution in [0.3, 0.4) is 0 Å². The van der Waals surface area contributed by atoms with Crippen LogP contribution in [0.5, 0.6) is 0 Å². The molecule has 2 amide bonds. The zero-order valence-electron chi connectivity index (χ0n) is 17.8. The maximum Gasteiger partial charge on any atom is 0.238 e. The van der Waals surface area contributed by atoms with E-state index in [-0.39, 0.29) is 11.8 Å². The fourth-order valence-electron chi connectivity index (χ4n) is 3.63. The number of hydrogen-bond donors (Lipinski definition) is 2. The van der Waals surface area contributed by atoms with Crippen molar-refractivity contribution in [2.75, 3.05) is 49.9 Å². The minimum atomic E-state index is -0.0541. The van der Waals surface area contributed by atoms with Crippen LogP contribution < -0.4 is 10.6 Å². The number of aryl methyl sites for hydroxylation is 2. The van der Waals surface area contributed by atoms with E-state index in [1.807, 2.05) is 57.2 Å². The summed E-state index contributed by atoms with van der Waals surface area (Å²) in [6.07, 6.45) is 0. The van der Waals surface area contributed by atoms with Crippen molar-refractivity contribution in [2.24, 2.45) is 0 Å². The van der Waals surface area contributed by atoms with E-state index in [0.29, 0.717) is 18.1 Å². The van der Waals surface area contributed by atoms with Crippen molar-refractivity contribution in [3.63, 3.8) is 0 Å². The zero-order chi connectivity index (χ0) is 21.7. The number of carbonyl (C=O) groups excluding carboxylic acids is 2. The number of amides is 2. The standard InChI is InChI=1S/C23H29ClN4O2/c1-16-6-4-7-17(2)23(16)26-22(30)15-28-12-10-27(11-13-28)14-21(29)25-20-9-5-8-19(24)18(20)3/h4-9H,10-15H2,1-3H3,(H,25,29)(H,26,30). The monoisotopic (exact) mass is 428 g/mol. The Morgan fingerprint density at radius 1 is 0.833 bits per heavy atom. The first-order valence-electron chi connectivity index (χ1n) is 10.2. The second-order valence-corrected chi connectivity index (χ2v) is 8.24. The summed E-state index contributed by atoms with van der Waals surface area (Å²) >= 11 is 6.12. The van der Waals surface area contributed by atoms with Gasteiger partial charge >= 0.3 is 0 Å².